The van der Waals surface area contributed by atoms with Crippen molar-refractivity contribution in [2.75, 3.05) is 27.2 Å². The first kappa shape index (κ1) is 18.7. The van der Waals surface area contributed by atoms with E-state index in [0.29, 0.717) is 18.8 Å². The fourth-order valence-electron chi connectivity index (χ4n) is 2.54. The van der Waals surface area contributed by atoms with Gasteiger partial charge in [-0.05, 0) is 39.3 Å². The van der Waals surface area contributed by atoms with Crippen LogP contribution in [0.4, 0.5) is 16.3 Å². The number of ether oxygens (including phenoxy) is 1. The van der Waals surface area contributed by atoms with E-state index in [9.17, 15) is 4.79 Å². The Morgan fingerprint density at radius 3 is 2.80 bits per heavy atom. The first-order valence-electron chi connectivity index (χ1n) is 8.26. The molecule has 25 heavy (non-hydrogen) atoms. The Balaban J connectivity index is 2.10. The molecule has 1 aromatic heterocycles. The molecular weight excluding hydrogens is 318 g/mol. The average molecular weight is 343 g/mol. The summed E-state index contributed by atoms with van der Waals surface area (Å²) in [7, 11) is 3.74. The van der Waals surface area contributed by atoms with E-state index in [1.807, 2.05) is 47.0 Å². The van der Waals surface area contributed by atoms with Crippen LogP contribution in [0.3, 0.4) is 0 Å². The molecule has 0 radical (unpaired) electrons. The van der Waals surface area contributed by atoms with Crippen LogP contribution in [0.15, 0.2) is 17.1 Å². The summed E-state index contributed by atoms with van der Waals surface area (Å²) in [5.74, 6) is 0.395. The molecule has 0 N–H and O–H groups in total. The van der Waals surface area contributed by atoms with Gasteiger partial charge in [0.25, 0.3) is 5.82 Å². The summed E-state index contributed by atoms with van der Waals surface area (Å²) < 4.78 is 5.42. The zero-order chi connectivity index (χ0) is 18.6. The van der Waals surface area contributed by atoms with Gasteiger partial charge in [-0.2, -0.15) is 0 Å². The maximum atomic E-state index is 12.2. The number of aliphatic imine (C=N–C) groups is 1. The summed E-state index contributed by atoms with van der Waals surface area (Å²) in [4.78, 5) is 27.9. The molecule has 1 atom stereocenters. The van der Waals surface area contributed by atoms with Crippen molar-refractivity contribution in [1.29, 1.82) is 0 Å². The van der Waals surface area contributed by atoms with Crippen LogP contribution in [0.1, 0.15) is 38.8 Å². The lowest BCUT2D eigenvalue weighted by Gasteiger charge is -2.24. The smallest absolute Gasteiger partial charge is 0.410 e. The maximum Gasteiger partial charge on any atom is 0.410 e. The lowest BCUT2D eigenvalue weighted by atomic mass is 10.0. The number of carbonyl (C=O) groups is 1. The van der Waals surface area contributed by atoms with Crippen LogP contribution < -0.4 is 0 Å². The molecule has 1 fully saturated rings. The lowest BCUT2D eigenvalue weighted by molar-refractivity contribution is 0.0292. The zero-order valence-corrected chi connectivity index (χ0v) is 15.5. The average Bonchev–Trinajstić information content (AvgIpc) is 3.01. The molecular formula is C18H25N5O2. The SMILES string of the molecule is [C-]#[N+]c1nc(C2CCN(C(=O)OC(C)(C)C)C2)ccc1N=CN(C)C. The second kappa shape index (κ2) is 7.51. The van der Waals surface area contributed by atoms with Crippen molar-refractivity contribution in [2.45, 2.75) is 38.7 Å². The normalized spacial score (nSPS) is 17.6. The molecule has 7 nitrogen and oxygen atoms in total. The second-order valence-corrected chi connectivity index (χ2v) is 7.31. The third-order valence-electron chi connectivity index (χ3n) is 3.67. The summed E-state index contributed by atoms with van der Waals surface area (Å²) in [6, 6.07) is 3.70. The van der Waals surface area contributed by atoms with Crippen LogP contribution in [0.25, 0.3) is 4.85 Å². The van der Waals surface area contributed by atoms with Gasteiger partial charge in [-0.1, -0.05) is 6.57 Å². The molecule has 0 bridgehead atoms. The Morgan fingerprint density at radius 1 is 1.48 bits per heavy atom. The Labute approximate surface area is 149 Å². The minimum atomic E-state index is -0.503. The Hall–Kier alpha value is -2.62. The third kappa shape index (κ3) is 5.18. The standard InChI is InChI=1S/C18H25N5O2/c1-18(2,3)25-17(24)23-10-9-13(11-23)14-7-8-15(16(19-4)21-14)20-12-22(5)6/h7-8,12-13H,9-11H2,1-3,5-6H3. The van der Waals surface area contributed by atoms with E-state index in [2.05, 4.69) is 14.8 Å². The van der Waals surface area contributed by atoms with E-state index in [1.165, 1.54) is 0 Å². The molecule has 1 saturated heterocycles. The topological polar surface area (TPSA) is 62.4 Å². The monoisotopic (exact) mass is 343 g/mol. The van der Waals surface area contributed by atoms with Gasteiger partial charge in [-0.3, -0.25) is 0 Å². The Morgan fingerprint density at radius 2 is 2.20 bits per heavy atom. The molecule has 1 aliphatic heterocycles. The molecule has 1 unspecified atom stereocenters. The van der Waals surface area contributed by atoms with Gasteiger partial charge in [0.2, 0.25) is 0 Å². The summed E-state index contributed by atoms with van der Waals surface area (Å²) >= 11 is 0. The molecule has 0 saturated carbocycles. The van der Waals surface area contributed by atoms with Crippen LogP contribution in [-0.2, 0) is 4.74 Å². The molecule has 2 rings (SSSR count). The van der Waals surface area contributed by atoms with Crippen molar-refractivity contribution < 1.29 is 9.53 Å². The van der Waals surface area contributed by atoms with E-state index in [4.69, 9.17) is 11.3 Å². The molecule has 7 heteroatoms. The van der Waals surface area contributed by atoms with E-state index >= 15 is 0 Å². The number of amides is 1. The highest BCUT2D eigenvalue weighted by Crippen LogP contribution is 2.32. The van der Waals surface area contributed by atoms with Crippen molar-refractivity contribution in [3.05, 3.63) is 29.2 Å². The summed E-state index contributed by atoms with van der Waals surface area (Å²) in [6.07, 6.45) is 2.16. The van der Waals surface area contributed by atoms with Crippen LogP contribution in [0.2, 0.25) is 0 Å². The van der Waals surface area contributed by atoms with Crippen LogP contribution in [-0.4, -0.2) is 60.0 Å². The molecule has 1 aliphatic rings. The van der Waals surface area contributed by atoms with Gasteiger partial charge < -0.3 is 19.4 Å². The van der Waals surface area contributed by atoms with Gasteiger partial charge in [-0.15, -0.1) is 4.98 Å². The van der Waals surface area contributed by atoms with Crippen molar-refractivity contribution in [3.8, 4) is 0 Å². The number of hydrogen-bond acceptors (Lipinski definition) is 4. The highest BCUT2D eigenvalue weighted by atomic mass is 16.6. The first-order valence-corrected chi connectivity index (χ1v) is 8.26. The van der Waals surface area contributed by atoms with Gasteiger partial charge in [0.1, 0.15) is 11.3 Å². The Kier molecular flexibility index (Phi) is 5.62. The lowest BCUT2D eigenvalue weighted by Crippen LogP contribution is -2.35. The molecule has 0 spiro atoms. The number of aromatic nitrogens is 1. The summed E-state index contributed by atoms with van der Waals surface area (Å²) in [5, 5.41) is 0. The van der Waals surface area contributed by atoms with Gasteiger partial charge in [0.05, 0.1) is 12.0 Å². The van der Waals surface area contributed by atoms with E-state index < -0.39 is 5.60 Å². The van der Waals surface area contributed by atoms with Crippen molar-refractivity contribution >= 4 is 23.9 Å². The third-order valence-corrected chi connectivity index (χ3v) is 3.67. The highest BCUT2D eigenvalue weighted by molar-refractivity contribution is 5.70. The number of likely N-dealkylation sites (tertiary alicyclic amines) is 1. The first-order chi connectivity index (χ1) is 11.7. The fraction of sp³-hybridized carbons (Fsp3) is 0.556. The molecule has 134 valence electrons. The van der Waals surface area contributed by atoms with Gasteiger partial charge in [-0.25, -0.2) is 9.79 Å². The zero-order valence-electron chi connectivity index (χ0n) is 15.5. The van der Waals surface area contributed by atoms with Gasteiger partial charge >= 0.3 is 6.09 Å². The fourth-order valence-corrected chi connectivity index (χ4v) is 2.54. The van der Waals surface area contributed by atoms with E-state index in [1.54, 1.807) is 16.1 Å². The minimum Gasteiger partial charge on any atom is -0.444 e. The van der Waals surface area contributed by atoms with E-state index in [-0.39, 0.29) is 17.8 Å². The second-order valence-electron chi connectivity index (χ2n) is 7.31. The predicted octanol–water partition coefficient (Wildman–Crippen LogP) is 3.58. The van der Waals surface area contributed by atoms with Crippen molar-refractivity contribution in [3.63, 3.8) is 0 Å². The number of rotatable bonds is 3. The number of hydrogen-bond donors (Lipinski definition) is 0. The summed E-state index contributed by atoms with van der Waals surface area (Å²) in [5.41, 5.74) is 0.867. The van der Waals surface area contributed by atoms with E-state index in [0.717, 1.165) is 12.1 Å². The largest absolute Gasteiger partial charge is 0.444 e. The van der Waals surface area contributed by atoms with Crippen molar-refractivity contribution in [1.82, 2.24) is 14.8 Å². The van der Waals surface area contributed by atoms with Gasteiger partial charge in [0, 0.05) is 33.1 Å². The summed E-state index contributed by atoms with van der Waals surface area (Å²) in [6.45, 7) is 14.1. The predicted molar refractivity (Wildman–Crippen MR) is 97.5 cm³/mol. The minimum absolute atomic E-state index is 0.111. The molecule has 0 aliphatic carbocycles. The quantitative estimate of drug-likeness (QED) is 0.478. The van der Waals surface area contributed by atoms with Gasteiger partial charge in [0.15, 0.2) is 0 Å². The number of pyridine rings is 1. The molecule has 1 aromatic rings. The van der Waals surface area contributed by atoms with Crippen LogP contribution in [0, 0.1) is 6.57 Å². The maximum absolute atomic E-state index is 12.2. The van der Waals surface area contributed by atoms with Crippen molar-refractivity contribution in [2.24, 2.45) is 4.99 Å². The molecule has 1 amide bonds. The Bertz CT molecular complexity index is 700. The van der Waals surface area contributed by atoms with Crippen LogP contribution in [0.5, 0.6) is 0 Å². The molecule has 2 heterocycles. The number of nitrogens with zero attached hydrogens (tertiary/aromatic N) is 5. The highest BCUT2D eigenvalue weighted by Gasteiger charge is 2.32. The van der Waals surface area contributed by atoms with Crippen LogP contribution >= 0.6 is 0 Å². The number of carbonyl (C=O) groups excluding carboxylic acids is 1. The molecule has 0 aromatic carbocycles.